The number of hydrogen-bond acceptors (Lipinski definition) is 8. The van der Waals surface area contributed by atoms with Crippen molar-refractivity contribution < 1.29 is 19.2 Å². The van der Waals surface area contributed by atoms with Gasteiger partial charge in [0.15, 0.2) is 28.6 Å². The maximum absolute atomic E-state index is 12.5. The largest absolute Gasteiger partial charge is 0.493 e. The zero-order chi connectivity index (χ0) is 25.5. The Labute approximate surface area is 208 Å². The van der Waals surface area contributed by atoms with E-state index in [-0.39, 0.29) is 17.3 Å². The van der Waals surface area contributed by atoms with Crippen LogP contribution in [-0.4, -0.2) is 38.5 Å². The van der Waals surface area contributed by atoms with Crippen molar-refractivity contribution in [2.24, 2.45) is 5.92 Å². The third kappa shape index (κ3) is 6.72. The molecule has 10 nitrogen and oxygen atoms in total. The van der Waals surface area contributed by atoms with Gasteiger partial charge in [-0.05, 0) is 38.0 Å². The fourth-order valence-electron chi connectivity index (χ4n) is 3.41. The number of hydrogen-bond donors (Lipinski definition) is 1. The Morgan fingerprint density at radius 2 is 1.89 bits per heavy atom. The Morgan fingerprint density at radius 1 is 1.17 bits per heavy atom. The summed E-state index contributed by atoms with van der Waals surface area (Å²) in [6.45, 7) is 8.36. The Balaban J connectivity index is 1.72. The number of benzene rings is 2. The molecule has 186 valence electrons. The lowest BCUT2D eigenvalue weighted by Gasteiger charge is -2.19. The molecule has 1 N–H and O–H groups in total. The van der Waals surface area contributed by atoms with E-state index in [0.717, 1.165) is 0 Å². The summed E-state index contributed by atoms with van der Waals surface area (Å²) in [6, 6.07) is 12.0. The fourth-order valence-corrected chi connectivity index (χ4v) is 4.17. The second-order valence-corrected chi connectivity index (χ2v) is 9.29. The maximum atomic E-state index is 12.5. The van der Waals surface area contributed by atoms with E-state index in [1.807, 2.05) is 35.8 Å². The highest BCUT2D eigenvalue weighted by molar-refractivity contribution is 7.99. The van der Waals surface area contributed by atoms with Gasteiger partial charge in [0.1, 0.15) is 0 Å². The summed E-state index contributed by atoms with van der Waals surface area (Å²) >= 11 is 1.25. The van der Waals surface area contributed by atoms with E-state index in [2.05, 4.69) is 29.4 Å². The SMILES string of the molecule is COc1ccccc1OC(C)c1nnc(SCC(=O)Nc2ccc(C)c([N+](=O)[O-])c2)n1CC(C)C. The van der Waals surface area contributed by atoms with E-state index >= 15 is 0 Å². The quantitative estimate of drug-likeness (QED) is 0.221. The third-order valence-electron chi connectivity index (χ3n) is 5.05. The molecule has 1 atom stereocenters. The van der Waals surface area contributed by atoms with Gasteiger partial charge in [0.05, 0.1) is 17.8 Å². The van der Waals surface area contributed by atoms with Gasteiger partial charge in [-0.2, -0.15) is 0 Å². The molecule has 11 heteroatoms. The smallest absolute Gasteiger partial charge is 0.274 e. The average molecular weight is 500 g/mol. The van der Waals surface area contributed by atoms with Crippen molar-refractivity contribution in [3.63, 3.8) is 0 Å². The van der Waals surface area contributed by atoms with Gasteiger partial charge in [-0.3, -0.25) is 14.9 Å². The van der Waals surface area contributed by atoms with Gasteiger partial charge in [-0.1, -0.05) is 43.8 Å². The molecule has 2 aromatic carbocycles. The van der Waals surface area contributed by atoms with Crippen molar-refractivity contribution in [3.8, 4) is 11.5 Å². The number of nitro benzene ring substituents is 1. The number of anilines is 1. The standard InChI is InChI=1S/C24H29N5O5S/c1-15(2)13-28-23(17(4)34-21-9-7-6-8-20(21)33-5)26-27-24(28)35-14-22(30)25-18-11-10-16(3)19(12-18)29(31)32/h6-12,15,17H,13-14H2,1-5H3,(H,25,30). The number of aryl methyl sites for hydroxylation is 1. The Bertz CT molecular complexity index is 1200. The summed E-state index contributed by atoms with van der Waals surface area (Å²) in [5.41, 5.74) is 0.859. The summed E-state index contributed by atoms with van der Waals surface area (Å²) in [4.78, 5) is 23.2. The molecular weight excluding hydrogens is 470 g/mol. The van der Waals surface area contributed by atoms with Crippen molar-refractivity contribution in [2.45, 2.75) is 45.5 Å². The molecule has 0 radical (unpaired) electrons. The molecule has 0 saturated heterocycles. The molecule has 0 aliphatic heterocycles. The van der Waals surface area contributed by atoms with Crippen LogP contribution in [0.5, 0.6) is 11.5 Å². The van der Waals surface area contributed by atoms with Gasteiger partial charge < -0.3 is 19.4 Å². The van der Waals surface area contributed by atoms with Crippen molar-refractivity contribution in [2.75, 3.05) is 18.2 Å². The van der Waals surface area contributed by atoms with Gasteiger partial charge in [0.2, 0.25) is 5.91 Å². The second kappa shape index (κ2) is 11.7. The molecule has 0 saturated carbocycles. The first-order valence-electron chi connectivity index (χ1n) is 11.1. The van der Waals surface area contributed by atoms with Crippen molar-refractivity contribution in [1.29, 1.82) is 0 Å². The molecule has 1 amide bonds. The highest BCUT2D eigenvalue weighted by Crippen LogP contribution is 2.31. The lowest BCUT2D eigenvalue weighted by molar-refractivity contribution is -0.385. The van der Waals surface area contributed by atoms with Crippen LogP contribution >= 0.6 is 11.8 Å². The molecular formula is C24H29N5O5S. The number of thioether (sulfide) groups is 1. The van der Waals surface area contributed by atoms with Crippen LogP contribution in [0.15, 0.2) is 47.6 Å². The third-order valence-corrected chi connectivity index (χ3v) is 6.02. The van der Waals surface area contributed by atoms with Gasteiger partial charge in [-0.15, -0.1) is 10.2 Å². The molecule has 0 fully saturated rings. The number of rotatable bonds is 11. The Kier molecular flexibility index (Phi) is 8.69. The minimum absolute atomic E-state index is 0.0409. The number of methoxy groups -OCH3 is 1. The molecule has 0 bridgehead atoms. The number of carbonyl (C=O) groups is 1. The molecule has 0 aliphatic rings. The van der Waals surface area contributed by atoms with Crippen LogP contribution in [0.2, 0.25) is 0 Å². The zero-order valence-electron chi connectivity index (χ0n) is 20.3. The minimum atomic E-state index is -0.468. The predicted molar refractivity (Wildman–Crippen MR) is 134 cm³/mol. The number of amides is 1. The van der Waals surface area contributed by atoms with E-state index in [1.54, 1.807) is 26.2 Å². The number of nitrogens with one attached hydrogen (secondary N) is 1. The number of aromatic nitrogens is 3. The molecule has 0 spiro atoms. The van der Waals surface area contributed by atoms with Crippen LogP contribution in [-0.2, 0) is 11.3 Å². The van der Waals surface area contributed by atoms with Gasteiger partial charge in [0.25, 0.3) is 5.69 Å². The van der Waals surface area contributed by atoms with Crippen LogP contribution in [0, 0.1) is 23.0 Å². The molecule has 3 aromatic rings. The first-order chi connectivity index (χ1) is 16.7. The predicted octanol–water partition coefficient (Wildman–Crippen LogP) is 5.03. The molecule has 1 heterocycles. The van der Waals surface area contributed by atoms with Crippen LogP contribution < -0.4 is 14.8 Å². The van der Waals surface area contributed by atoms with Gasteiger partial charge in [-0.25, -0.2) is 0 Å². The van der Waals surface area contributed by atoms with Gasteiger partial charge in [0, 0.05) is 23.9 Å². The zero-order valence-corrected chi connectivity index (χ0v) is 21.2. The lowest BCUT2D eigenvalue weighted by atomic mass is 10.2. The van der Waals surface area contributed by atoms with Crippen LogP contribution in [0.1, 0.15) is 38.3 Å². The summed E-state index contributed by atoms with van der Waals surface area (Å²) in [5.74, 6) is 1.94. The van der Waals surface area contributed by atoms with E-state index in [9.17, 15) is 14.9 Å². The average Bonchev–Trinajstić information content (AvgIpc) is 3.21. The van der Waals surface area contributed by atoms with Crippen LogP contribution in [0.25, 0.3) is 0 Å². The lowest BCUT2D eigenvalue weighted by Crippen LogP contribution is -2.17. The summed E-state index contributed by atoms with van der Waals surface area (Å²) in [6.07, 6.45) is -0.408. The van der Waals surface area contributed by atoms with E-state index in [4.69, 9.17) is 9.47 Å². The second-order valence-electron chi connectivity index (χ2n) is 8.35. The maximum Gasteiger partial charge on any atom is 0.274 e. The minimum Gasteiger partial charge on any atom is -0.493 e. The first kappa shape index (κ1) is 26.0. The Morgan fingerprint density at radius 3 is 2.54 bits per heavy atom. The highest BCUT2D eigenvalue weighted by atomic mass is 32.2. The Hall–Kier alpha value is -3.60. The van der Waals surface area contributed by atoms with Crippen molar-refractivity contribution >= 4 is 29.0 Å². The van der Waals surface area contributed by atoms with Crippen LogP contribution in [0.3, 0.4) is 0 Å². The number of nitrogens with zero attached hydrogens (tertiary/aromatic N) is 4. The summed E-state index contributed by atoms with van der Waals surface area (Å²) in [7, 11) is 1.59. The number of ether oxygens (including phenoxy) is 2. The normalized spacial score (nSPS) is 11.8. The molecule has 1 aromatic heterocycles. The van der Waals surface area contributed by atoms with Crippen LogP contribution in [0.4, 0.5) is 11.4 Å². The summed E-state index contributed by atoms with van der Waals surface area (Å²) in [5, 5.41) is 23.1. The van der Waals surface area contributed by atoms with Crippen molar-refractivity contribution in [1.82, 2.24) is 14.8 Å². The first-order valence-corrected chi connectivity index (χ1v) is 12.1. The molecule has 35 heavy (non-hydrogen) atoms. The molecule has 0 aliphatic carbocycles. The molecule has 3 rings (SSSR count). The van der Waals surface area contributed by atoms with Gasteiger partial charge >= 0.3 is 0 Å². The molecule has 1 unspecified atom stereocenters. The number of para-hydroxylation sites is 2. The van der Waals surface area contributed by atoms with E-state index in [1.165, 1.54) is 17.8 Å². The number of nitro groups is 1. The number of carbonyl (C=O) groups excluding carboxylic acids is 1. The monoisotopic (exact) mass is 499 g/mol. The van der Waals surface area contributed by atoms with Crippen molar-refractivity contribution in [3.05, 3.63) is 64.0 Å². The summed E-state index contributed by atoms with van der Waals surface area (Å²) < 4.78 is 13.4. The fraction of sp³-hybridized carbons (Fsp3) is 0.375. The van der Waals surface area contributed by atoms with E-state index < -0.39 is 11.0 Å². The van der Waals surface area contributed by atoms with E-state index in [0.29, 0.717) is 46.2 Å². The highest BCUT2D eigenvalue weighted by Gasteiger charge is 2.22. The topological polar surface area (TPSA) is 121 Å².